The van der Waals surface area contributed by atoms with Gasteiger partial charge in [-0.25, -0.2) is 4.68 Å². The second kappa shape index (κ2) is 12.7. The standard InChI is InChI=1S/C23H25ClF3N5O2S/c1-2-31(19-16-32(29-22(19)24)17-7-5-12-28-15-17)21(33)10-9-18(20-8-6-14-35-20)30-34-13-4-3-11-23(25,26)27/h5-8,12,14-16H,2-4,9-11,13H2,1H3. The van der Waals surface area contributed by atoms with E-state index in [0.717, 1.165) is 4.88 Å². The van der Waals surface area contributed by atoms with Gasteiger partial charge < -0.3 is 9.74 Å². The van der Waals surface area contributed by atoms with Crippen LogP contribution >= 0.6 is 22.9 Å². The van der Waals surface area contributed by atoms with Crippen LogP contribution in [0, 0.1) is 0 Å². The number of oxime groups is 1. The van der Waals surface area contributed by atoms with Gasteiger partial charge in [0.15, 0.2) is 5.15 Å². The lowest BCUT2D eigenvalue weighted by atomic mass is 10.1. The molecule has 0 bridgehead atoms. The molecule has 3 heterocycles. The summed E-state index contributed by atoms with van der Waals surface area (Å²) in [6, 6.07) is 7.31. The zero-order chi connectivity index (χ0) is 25.3. The Kier molecular flexibility index (Phi) is 9.67. The van der Waals surface area contributed by atoms with Crippen LogP contribution in [0.1, 0.15) is 43.9 Å². The number of aromatic nitrogens is 3. The molecule has 188 valence electrons. The molecular weight excluding hydrogens is 503 g/mol. The first-order valence-electron chi connectivity index (χ1n) is 11.0. The van der Waals surface area contributed by atoms with Gasteiger partial charge in [-0.2, -0.15) is 18.3 Å². The van der Waals surface area contributed by atoms with Crippen LogP contribution in [0.5, 0.6) is 0 Å². The summed E-state index contributed by atoms with van der Waals surface area (Å²) in [6.45, 7) is 2.30. The van der Waals surface area contributed by atoms with Crippen LogP contribution in [0.4, 0.5) is 18.9 Å². The molecule has 0 N–H and O–H groups in total. The van der Waals surface area contributed by atoms with E-state index in [4.69, 9.17) is 16.4 Å². The van der Waals surface area contributed by atoms with E-state index in [-0.39, 0.29) is 36.9 Å². The van der Waals surface area contributed by atoms with E-state index in [0.29, 0.717) is 30.1 Å². The lowest BCUT2D eigenvalue weighted by molar-refractivity contribution is -0.136. The maximum atomic E-state index is 13.1. The molecule has 0 fully saturated rings. The highest BCUT2D eigenvalue weighted by molar-refractivity contribution is 7.12. The number of thiophene rings is 1. The Morgan fingerprint density at radius 2 is 2.09 bits per heavy atom. The molecule has 3 aromatic heterocycles. The molecule has 0 atom stereocenters. The Morgan fingerprint density at radius 1 is 1.26 bits per heavy atom. The summed E-state index contributed by atoms with van der Waals surface area (Å²) in [6.07, 6.45) is 0.595. The molecule has 0 spiro atoms. The Bertz CT molecular complexity index is 1100. The number of alkyl halides is 3. The zero-order valence-corrected chi connectivity index (χ0v) is 20.6. The predicted molar refractivity (Wildman–Crippen MR) is 130 cm³/mol. The smallest absolute Gasteiger partial charge is 0.389 e. The highest BCUT2D eigenvalue weighted by Gasteiger charge is 2.26. The van der Waals surface area contributed by atoms with Crippen LogP contribution in [0.15, 0.2) is 53.4 Å². The maximum absolute atomic E-state index is 13.1. The third kappa shape index (κ3) is 8.07. The van der Waals surface area contributed by atoms with Gasteiger partial charge in [0.05, 0.1) is 28.7 Å². The van der Waals surface area contributed by atoms with Crippen LogP contribution in [-0.4, -0.2) is 45.7 Å². The number of hydrogen-bond donors (Lipinski definition) is 0. The minimum atomic E-state index is -4.17. The molecule has 0 aliphatic carbocycles. The van der Waals surface area contributed by atoms with E-state index in [1.165, 1.54) is 11.3 Å². The van der Waals surface area contributed by atoms with E-state index >= 15 is 0 Å². The number of nitrogens with zero attached hydrogens (tertiary/aromatic N) is 5. The molecule has 0 radical (unpaired) electrons. The summed E-state index contributed by atoms with van der Waals surface area (Å²) in [4.78, 5) is 24.8. The summed E-state index contributed by atoms with van der Waals surface area (Å²) in [7, 11) is 0. The molecule has 0 aromatic carbocycles. The minimum Gasteiger partial charge on any atom is -0.396 e. The molecule has 0 saturated carbocycles. The zero-order valence-electron chi connectivity index (χ0n) is 19.0. The fraction of sp³-hybridized carbons (Fsp3) is 0.391. The lowest BCUT2D eigenvalue weighted by Gasteiger charge is -2.19. The summed E-state index contributed by atoms with van der Waals surface area (Å²) in [5.41, 5.74) is 1.76. The van der Waals surface area contributed by atoms with E-state index in [1.807, 2.05) is 30.5 Å². The highest BCUT2D eigenvalue weighted by Crippen LogP contribution is 2.27. The van der Waals surface area contributed by atoms with Crippen LogP contribution in [0.3, 0.4) is 0 Å². The van der Waals surface area contributed by atoms with Crippen molar-refractivity contribution in [3.63, 3.8) is 0 Å². The second-order valence-corrected chi connectivity index (χ2v) is 8.83. The third-order valence-corrected chi connectivity index (χ3v) is 6.16. The monoisotopic (exact) mass is 527 g/mol. The van der Waals surface area contributed by atoms with Gasteiger partial charge in [-0.3, -0.25) is 9.78 Å². The number of carbonyl (C=O) groups excluding carboxylic acids is 1. The van der Waals surface area contributed by atoms with Gasteiger partial charge in [-0.15, -0.1) is 11.3 Å². The number of carbonyl (C=O) groups is 1. The molecule has 12 heteroatoms. The number of amides is 1. The molecule has 35 heavy (non-hydrogen) atoms. The van der Waals surface area contributed by atoms with E-state index in [9.17, 15) is 18.0 Å². The number of halogens is 4. The average molecular weight is 528 g/mol. The minimum absolute atomic E-state index is 0.0230. The number of unbranched alkanes of at least 4 members (excludes halogenated alkanes) is 1. The first-order valence-corrected chi connectivity index (χ1v) is 12.3. The molecule has 3 aromatic rings. The van der Waals surface area contributed by atoms with Crippen LogP contribution in [0.25, 0.3) is 5.69 Å². The fourth-order valence-electron chi connectivity index (χ4n) is 3.26. The van der Waals surface area contributed by atoms with Gasteiger partial charge in [-0.1, -0.05) is 22.8 Å². The van der Waals surface area contributed by atoms with Gasteiger partial charge >= 0.3 is 6.18 Å². The summed E-state index contributed by atoms with van der Waals surface area (Å²) >= 11 is 7.78. The van der Waals surface area contributed by atoms with Crippen molar-refractivity contribution in [2.24, 2.45) is 5.16 Å². The topological polar surface area (TPSA) is 72.6 Å². The molecule has 3 rings (SSSR count). The van der Waals surface area contributed by atoms with Crippen molar-refractivity contribution in [3.8, 4) is 5.69 Å². The van der Waals surface area contributed by atoms with Gasteiger partial charge in [0.25, 0.3) is 0 Å². The van der Waals surface area contributed by atoms with Crippen molar-refractivity contribution in [2.45, 2.75) is 45.2 Å². The molecule has 0 aliphatic heterocycles. The highest BCUT2D eigenvalue weighted by atomic mass is 35.5. The van der Waals surface area contributed by atoms with Crippen LogP contribution in [-0.2, 0) is 9.63 Å². The predicted octanol–water partition coefficient (Wildman–Crippen LogP) is 6.27. The van der Waals surface area contributed by atoms with Crippen LogP contribution < -0.4 is 4.90 Å². The van der Waals surface area contributed by atoms with Gasteiger partial charge in [0, 0.05) is 32.0 Å². The third-order valence-electron chi connectivity index (χ3n) is 4.97. The Hall–Kier alpha value is -2.92. The van der Waals surface area contributed by atoms with E-state index in [1.54, 1.807) is 34.2 Å². The van der Waals surface area contributed by atoms with Crippen LogP contribution in [0.2, 0.25) is 5.15 Å². The fourth-order valence-corrected chi connectivity index (χ4v) is 4.23. The number of rotatable bonds is 12. The molecule has 0 unspecified atom stereocenters. The first kappa shape index (κ1) is 26.7. The summed E-state index contributed by atoms with van der Waals surface area (Å²) < 4.78 is 38.4. The summed E-state index contributed by atoms with van der Waals surface area (Å²) in [5.74, 6) is -0.172. The lowest BCUT2D eigenvalue weighted by Crippen LogP contribution is -2.30. The van der Waals surface area contributed by atoms with E-state index < -0.39 is 12.6 Å². The van der Waals surface area contributed by atoms with E-state index in [2.05, 4.69) is 15.2 Å². The molecular formula is C23H25ClF3N5O2S. The maximum Gasteiger partial charge on any atom is 0.389 e. The molecule has 7 nitrogen and oxygen atoms in total. The van der Waals surface area contributed by atoms with Gasteiger partial charge in [0.1, 0.15) is 12.3 Å². The normalized spacial score (nSPS) is 12.1. The Balaban J connectivity index is 1.62. The Morgan fingerprint density at radius 3 is 2.74 bits per heavy atom. The second-order valence-electron chi connectivity index (χ2n) is 7.52. The SMILES string of the molecule is CCN(C(=O)CCC(=NOCCCCC(F)(F)F)c1cccs1)c1cn(-c2cccnc2)nc1Cl. The largest absolute Gasteiger partial charge is 0.396 e. The number of hydrogen-bond acceptors (Lipinski definition) is 6. The van der Waals surface area contributed by atoms with Gasteiger partial charge in [-0.05, 0) is 43.3 Å². The van der Waals surface area contributed by atoms with Crippen molar-refractivity contribution in [2.75, 3.05) is 18.1 Å². The van der Waals surface area contributed by atoms with Crippen molar-refractivity contribution in [3.05, 3.63) is 58.3 Å². The quantitative estimate of drug-likeness (QED) is 0.158. The molecule has 0 aliphatic rings. The first-order chi connectivity index (χ1) is 16.8. The van der Waals surface area contributed by atoms with Crippen molar-refractivity contribution in [1.82, 2.24) is 14.8 Å². The van der Waals surface area contributed by atoms with Crippen molar-refractivity contribution >= 4 is 40.2 Å². The number of pyridine rings is 1. The van der Waals surface area contributed by atoms with Crippen molar-refractivity contribution in [1.29, 1.82) is 0 Å². The van der Waals surface area contributed by atoms with Crippen molar-refractivity contribution < 1.29 is 22.8 Å². The molecule has 1 amide bonds. The van der Waals surface area contributed by atoms with Gasteiger partial charge in [0.2, 0.25) is 5.91 Å². The summed E-state index contributed by atoms with van der Waals surface area (Å²) in [5, 5.41) is 10.5. The molecule has 0 saturated heterocycles. The number of anilines is 1. The Labute approximate surface area is 210 Å². The average Bonchev–Trinajstić information content (AvgIpc) is 3.49.